The number of hydrogen-bond acceptors (Lipinski definition) is 5. The van der Waals surface area contributed by atoms with Crippen LogP contribution in [0.1, 0.15) is 54.7 Å². The van der Waals surface area contributed by atoms with Gasteiger partial charge in [0.15, 0.2) is 0 Å². The van der Waals surface area contributed by atoms with Gasteiger partial charge in [0.25, 0.3) is 0 Å². The molecule has 1 atom stereocenters. The minimum atomic E-state index is -3.87. The molecule has 0 bridgehead atoms. The van der Waals surface area contributed by atoms with Crippen molar-refractivity contribution in [1.82, 2.24) is 14.2 Å². The average Bonchev–Trinajstić information content (AvgIpc) is 3.49. The van der Waals surface area contributed by atoms with E-state index in [1.165, 1.54) is 4.31 Å². The third kappa shape index (κ3) is 5.42. The Labute approximate surface area is 220 Å². The number of alkyl halides is 2. The van der Waals surface area contributed by atoms with Crippen LogP contribution in [-0.4, -0.2) is 53.1 Å². The van der Waals surface area contributed by atoms with E-state index >= 15 is 0 Å². The molecule has 0 N–H and O–H groups in total. The lowest BCUT2D eigenvalue weighted by Gasteiger charge is -2.39. The van der Waals surface area contributed by atoms with Crippen molar-refractivity contribution in [2.24, 2.45) is 0 Å². The minimum Gasteiger partial charge on any atom is -0.334 e. The molecular weight excluding hydrogens is 516 g/mol. The number of rotatable bonds is 6. The normalized spacial score (nSPS) is 20.9. The summed E-state index contributed by atoms with van der Waals surface area (Å²) in [7, 11) is -3.87. The highest BCUT2D eigenvalue weighted by molar-refractivity contribution is 7.89. The number of aromatic nitrogens is 1. The van der Waals surface area contributed by atoms with E-state index < -0.39 is 22.0 Å². The summed E-state index contributed by atoms with van der Waals surface area (Å²) >= 11 is 1.59. The number of thiazole rings is 1. The van der Waals surface area contributed by atoms with E-state index in [0.29, 0.717) is 12.8 Å². The van der Waals surface area contributed by atoms with Crippen LogP contribution < -0.4 is 0 Å². The van der Waals surface area contributed by atoms with Crippen LogP contribution in [0.25, 0.3) is 10.2 Å². The first-order valence-electron chi connectivity index (χ1n) is 12.7. The maximum absolute atomic E-state index is 14.0. The Kier molecular flexibility index (Phi) is 7.10. The Bertz CT molecular complexity index is 1400. The van der Waals surface area contributed by atoms with E-state index in [4.69, 9.17) is 0 Å². The first kappa shape index (κ1) is 26.2. The second-order valence-electron chi connectivity index (χ2n) is 10.2. The zero-order chi connectivity index (χ0) is 26.4. The number of benzene rings is 2. The Morgan fingerprint density at radius 2 is 1.81 bits per heavy atom. The first-order valence-corrected chi connectivity index (χ1v) is 14.9. The Morgan fingerprint density at radius 1 is 1.11 bits per heavy atom. The molecule has 10 heteroatoms. The zero-order valence-electron chi connectivity index (χ0n) is 21.0. The Morgan fingerprint density at radius 3 is 2.51 bits per heavy atom. The summed E-state index contributed by atoms with van der Waals surface area (Å²) in [5.74, 6) is -3.03. The topological polar surface area (TPSA) is 70.6 Å². The van der Waals surface area contributed by atoms with E-state index in [-0.39, 0.29) is 55.6 Å². The number of fused-ring (bicyclic) bond motifs is 1. The smallest absolute Gasteiger partial charge is 0.248 e. The molecule has 3 aromatic rings. The van der Waals surface area contributed by atoms with Gasteiger partial charge in [-0.15, -0.1) is 11.3 Å². The summed E-state index contributed by atoms with van der Waals surface area (Å²) in [4.78, 5) is 20.4. The highest BCUT2D eigenvalue weighted by Crippen LogP contribution is 2.37. The molecule has 1 aliphatic heterocycles. The molecule has 2 aromatic carbocycles. The van der Waals surface area contributed by atoms with Crippen molar-refractivity contribution in [3.8, 4) is 0 Å². The maximum atomic E-state index is 14.0. The summed E-state index contributed by atoms with van der Waals surface area (Å²) in [5.41, 5.74) is 2.64. The summed E-state index contributed by atoms with van der Waals surface area (Å²) in [6, 6.07) is 11.2. The van der Waals surface area contributed by atoms with Gasteiger partial charge in [-0.1, -0.05) is 23.8 Å². The molecule has 6 nitrogen and oxygen atoms in total. The fourth-order valence-corrected chi connectivity index (χ4v) is 7.88. The predicted molar refractivity (Wildman–Crippen MR) is 140 cm³/mol. The van der Waals surface area contributed by atoms with Gasteiger partial charge in [0.2, 0.25) is 21.9 Å². The fraction of sp³-hybridized carbons (Fsp3) is 0.481. The minimum absolute atomic E-state index is 0.158. The molecular formula is C27H31F2N3O3S2. The number of halogens is 2. The number of amides is 1. The molecule has 1 saturated heterocycles. The lowest BCUT2D eigenvalue weighted by atomic mass is 9.90. The highest BCUT2D eigenvalue weighted by Gasteiger charge is 2.44. The number of sulfonamides is 1. The van der Waals surface area contributed by atoms with Crippen molar-refractivity contribution >= 4 is 37.5 Å². The summed E-state index contributed by atoms with van der Waals surface area (Å²) in [6.07, 6.45) is 0.807. The molecule has 198 valence electrons. The fourth-order valence-electron chi connectivity index (χ4n) is 5.42. The van der Waals surface area contributed by atoms with Crippen molar-refractivity contribution < 1.29 is 22.0 Å². The largest absolute Gasteiger partial charge is 0.334 e. The third-order valence-corrected chi connectivity index (χ3v) is 10.3. The van der Waals surface area contributed by atoms with Crippen LogP contribution in [0.4, 0.5) is 8.78 Å². The molecule has 5 rings (SSSR count). The van der Waals surface area contributed by atoms with Gasteiger partial charge in [0.05, 0.1) is 20.1 Å². The van der Waals surface area contributed by atoms with Crippen LogP contribution >= 0.6 is 11.3 Å². The molecule has 37 heavy (non-hydrogen) atoms. The second kappa shape index (κ2) is 10.0. The van der Waals surface area contributed by atoms with Gasteiger partial charge < -0.3 is 4.90 Å². The third-order valence-electron chi connectivity index (χ3n) is 7.44. The van der Waals surface area contributed by atoms with Crippen molar-refractivity contribution in [2.45, 2.75) is 81.8 Å². The van der Waals surface area contributed by atoms with Gasteiger partial charge in [-0.05, 0) is 69.4 Å². The number of carbonyl (C=O) groups excluding carboxylic acids is 1. The summed E-state index contributed by atoms with van der Waals surface area (Å²) in [6.45, 7) is 4.31. The standard InChI is InChI=1S/C27H31F2N3O3S2/c1-18-5-8-22(9-6-18)37(34,35)32-15-3-4-24(32)26(33)31(21-11-13-27(28,29)14-12-21)17-20-7-10-25-23(16-20)30-19(2)36-25/h5-10,16,21,24H,3-4,11-15,17H2,1-2H3/t24-/m0/s1. The molecule has 0 unspecified atom stereocenters. The Hall–Kier alpha value is -2.43. The van der Waals surface area contributed by atoms with E-state index in [0.717, 1.165) is 26.4 Å². The van der Waals surface area contributed by atoms with E-state index in [9.17, 15) is 22.0 Å². The summed E-state index contributed by atoms with van der Waals surface area (Å²) in [5, 5.41) is 0.942. The molecule has 1 amide bonds. The van der Waals surface area contributed by atoms with Crippen molar-refractivity contribution in [2.75, 3.05) is 6.54 Å². The molecule has 2 heterocycles. The van der Waals surface area contributed by atoms with Crippen molar-refractivity contribution in [3.63, 3.8) is 0 Å². The molecule has 2 fully saturated rings. The van der Waals surface area contributed by atoms with Crippen LogP contribution in [0.3, 0.4) is 0 Å². The number of aryl methyl sites for hydroxylation is 2. The van der Waals surface area contributed by atoms with E-state index in [1.807, 2.05) is 32.0 Å². The molecule has 0 spiro atoms. The van der Waals surface area contributed by atoms with Crippen LogP contribution in [0.5, 0.6) is 0 Å². The SMILES string of the molecule is Cc1ccc(S(=O)(=O)N2CCC[C@H]2C(=O)N(Cc2ccc3sc(C)nc3c2)C2CCC(F)(F)CC2)cc1. The number of carbonyl (C=O) groups is 1. The molecule has 1 aromatic heterocycles. The van der Waals surface area contributed by atoms with Crippen LogP contribution in [0, 0.1) is 13.8 Å². The first-order chi connectivity index (χ1) is 17.5. The number of hydrogen-bond donors (Lipinski definition) is 0. The van der Waals surface area contributed by atoms with E-state index in [1.54, 1.807) is 40.5 Å². The number of nitrogens with zero attached hydrogens (tertiary/aromatic N) is 3. The van der Waals surface area contributed by atoms with Gasteiger partial charge in [-0.3, -0.25) is 4.79 Å². The molecule has 2 aliphatic rings. The van der Waals surface area contributed by atoms with Crippen LogP contribution in [-0.2, 0) is 21.4 Å². The molecule has 1 saturated carbocycles. The molecule has 0 radical (unpaired) electrons. The van der Waals surface area contributed by atoms with Gasteiger partial charge in [0.1, 0.15) is 6.04 Å². The predicted octanol–water partition coefficient (Wildman–Crippen LogP) is 5.67. The van der Waals surface area contributed by atoms with E-state index in [2.05, 4.69) is 4.98 Å². The average molecular weight is 548 g/mol. The lowest BCUT2D eigenvalue weighted by Crippen LogP contribution is -2.52. The van der Waals surface area contributed by atoms with Crippen molar-refractivity contribution in [1.29, 1.82) is 0 Å². The monoisotopic (exact) mass is 547 g/mol. The highest BCUT2D eigenvalue weighted by atomic mass is 32.2. The van der Waals surface area contributed by atoms with Crippen molar-refractivity contribution in [3.05, 3.63) is 58.6 Å². The van der Waals surface area contributed by atoms with Crippen LogP contribution in [0.15, 0.2) is 47.4 Å². The van der Waals surface area contributed by atoms with Gasteiger partial charge in [-0.2, -0.15) is 4.31 Å². The summed E-state index contributed by atoms with van der Waals surface area (Å²) < 4.78 is 57.3. The maximum Gasteiger partial charge on any atom is 0.248 e. The lowest BCUT2D eigenvalue weighted by molar-refractivity contribution is -0.141. The Balaban J connectivity index is 1.45. The van der Waals surface area contributed by atoms with Crippen LogP contribution in [0.2, 0.25) is 0 Å². The second-order valence-corrected chi connectivity index (χ2v) is 13.3. The molecule has 1 aliphatic carbocycles. The van der Waals surface area contributed by atoms with Gasteiger partial charge in [0, 0.05) is 32.0 Å². The van der Waals surface area contributed by atoms with Gasteiger partial charge >= 0.3 is 0 Å². The quantitative estimate of drug-likeness (QED) is 0.399. The zero-order valence-corrected chi connectivity index (χ0v) is 22.6. The van der Waals surface area contributed by atoms with Gasteiger partial charge in [-0.25, -0.2) is 22.2 Å².